The van der Waals surface area contributed by atoms with Crippen LogP contribution in [0.5, 0.6) is 0 Å². The van der Waals surface area contributed by atoms with Crippen molar-refractivity contribution in [2.75, 3.05) is 0 Å². The van der Waals surface area contributed by atoms with Crippen molar-refractivity contribution in [2.24, 2.45) is 12.8 Å². The van der Waals surface area contributed by atoms with Gasteiger partial charge in [-0.05, 0) is 18.2 Å². The Hall–Kier alpha value is -1.75. The first-order valence-electron chi connectivity index (χ1n) is 4.79. The fourth-order valence-corrected chi connectivity index (χ4v) is 1.64. The van der Waals surface area contributed by atoms with Crippen LogP contribution in [0, 0.1) is 11.6 Å². The molecule has 84 valence electrons. The van der Waals surface area contributed by atoms with Gasteiger partial charge in [0.05, 0.1) is 17.7 Å². The zero-order valence-electron chi connectivity index (χ0n) is 8.74. The lowest BCUT2D eigenvalue weighted by molar-refractivity contribution is 0.509. The molecule has 1 aromatic carbocycles. The van der Waals surface area contributed by atoms with Crippen molar-refractivity contribution >= 4 is 0 Å². The van der Waals surface area contributed by atoms with Gasteiger partial charge in [-0.1, -0.05) is 0 Å². The largest absolute Gasteiger partial charge is 0.333 e. The van der Waals surface area contributed by atoms with E-state index in [9.17, 15) is 8.78 Å². The highest BCUT2D eigenvalue weighted by Crippen LogP contribution is 2.23. The van der Waals surface area contributed by atoms with E-state index < -0.39 is 11.6 Å². The zero-order valence-corrected chi connectivity index (χ0v) is 8.74. The third kappa shape index (κ3) is 1.69. The number of imidazole rings is 1. The van der Waals surface area contributed by atoms with Crippen LogP contribution in [-0.2, 0) is 13.6 Å². The summed E-state index contributed by atoms with van der Waals surface area (Å²) < 4.78 is 27.6. The molecule has 2 N–H and O–H groups in total. The third-order valence-electron chi connectivity index (χ3n) is 2.40. The number of aryl methyl sites for hydroxylation is 1. The average Bonchev–Trinajstić information content (AvgIpc) is 2.64. The smallest absolute Gasteiger partial charge is 0.159 e. The predicted octanol–water partition coefficient (Wildman–Crippen LogP) is 1.82. The first-order valence-corrected chi connectivity index (χ1v) is 4.79. The number of benzene rings is 1. The topological polar surface area (TPSA) is 43.8 Å². The van der Waals surface area contributed by atoms with E-state index >= 15 is 0 Å². The number of halogens is 2. The standard InChI is InChI=1S/C11H11F2N3/c1-16-6-15-10(5-14)11(16)7-2-3-8(12)9(13)4-7/h2-4,6H,5,14H2,1H3. The molecule has 0 aliphatic carbocycles. The van der Waals surface area contributed by atoms with Crippen molar-refractivity contribution in [1.29, 1.82) is 0 Å². The van der Waals surface area contributed by atoms with Crippen molar-refractivity contribution in [2.45, 2.75) is 6.54 Å². The van der Waals surface area contributed by atoms with Gasteiger partial charge in [-0.2, -0.15) is 0 Å². The Morgan fingerprint density at radius 2 is 2.06 bits per heavy atom. The van der Waals surface area contributed by atoms with E-state index in [1.807, 2.05) is 0 Å². The van der Waals surface area contributed by atoms with E-state index in [0.29, 0.717) is 17.0 Å². The molecule has 2 aromatic rings. The van der Waals surface area contributed by atoms with E-state index in [2.05, 4.69) is 4.98 Å². The number of nitrogens with two attached hydrogens (primary N) is 1. The van der Waals surface area contributed by atoms with Crippen LogP contribution in [0.15, 0.2) is 24.5 Å². The van der Waals surface area contributed by atoms with E-state index in [4.69, 9.17) is 5.73 Å². The Morgan fingerprint density at radius 1 is 1.31 bits per heavy atom. The molecule has 0 aliphatic heterocycles. The van der Waals surface area contributed by atoms with Crippen molar-refractivity contribution in [3.05, 3.63) is 41.9 Å². The average molecular weight is 223 g/mol. The maximum absolute atomic E-state index is 13.1. The van der Waals surface area contributed by atoms with E-state index in [0.717, 1.165) is 12.1 Å². The van der Waals surface area contributed by atoms with Crippen LogP contribution in [0.2, 0.25) is 0 Å². The molecule has 0 unspecified atom stereocenters. The fraction of sp³-hybridized carbons (Fsp3) is 0.182. The molecule has 1 aromatic heterocycles. The minimum atomic E-state index is -0.873. The van der Waals surface area contributed by atoms with Gasteiger partial charge in [0.15, 0.2) is 11.6 Å². The van der Waals surface area contributed by atoms with Gasteiger partial charge in [0, 0.05) is 19.2 Å². The van der Waals surface area contributed by atoms with Crippen LogP contribution in [0.25, 0.3) is 11.3 Å². The van der Waals surface area contributed by atoms with E-state index in [-0.39, 0.29) is 6.54 Å². The van der Waals surface area contributed by atoms with Crippen LogP contribution in [0.1, 0.15) is 5.69 Å². The molecule has 3 nitrogen and oxygen atoms in total. The highest BCUT2D eigenvalue weighted by atomic mass is 19.2. The molecule has 2 rings (SSSR count). The Bertz CT molecular complexity index is 520. The number of aromatic nitrogens is 2. The Morgan fingerprint density at radius 3 is 2.69 bits per heavy atom. The molecule has 16 heavy (non-hydrogen) atoms. The summed E-state index contributed by atoms with van der Waals surface area (Å²) in [5.41, 5.74) is 7.46. The predicted molar refractivity (Wildman–Crippen MR) is 56.5 cm³/mol. The van der Waals surface area contributed by atoms with Crippen molar-refractivity contribution in [3.63, 3.8) is 0 Å². The summed E-state index contributed by atoms with van der Waals surface area (Å²) in [4.78, 5) is 4.08. The minimum absolute atomic E-state index is 0.259. The van der Waals surface area contributed by atoms with Gasteiger partial charge in [-0.3, -0.25) is 0 Å². The van der Waals surface area contributed by atoms with Gasteiger partial charge in [0.1, 0.15) is 0 Å². The number of nitrogens with zero attached hydrogens (tertiary/aromatic N) is 2. The zero-order chi connectivity index (χ0) is 11.7. The lowest BCUT2D eigenvalue weighted by atomic mass is 10.1. The Labute approximate surface area is 91.5 Å². The third-order valence-corrected chi connectivity index (χ3v) is 2.40. The maximum Gasteiger partial charge on any atom is 0.159 e. The molecule has 0 radical (unpaired) electrons. The summed E-state index contributed by atoms with van der Waals surface area (Å²) in [5, 5.41) is 0. The summed E-state index contributed by atoms with van der Waals surface area (Å²) in [5.74, 6) is -1.73. The van der Waals surface area contributed by atoms with Gasteiger partial charge in [0.2, 0.25) is 0 Å². The maximum atomic E-state index is 13.1. The molecule has 5 heteroatoms. The molecule has 0 saturated carbocycles. The Balaban J connectivity index is 2.57. The lowest BCUT2D eigenvalue weighted by Crippen LogP contribution is -2.01. The molecule has 0 fully saturated rings. The summed E-state index contributed by atoms with van der Waals surface area (Å²) >= 11 is 0. The molecule has 0 atom stereocenters. The SMILES string of the molecule is Cn1cnc(CN)c1-c1ccc(F)c(F)c1. The highest BCUT2D eigenvalue weighted by Gasteiger charge is 2.12. The number of hydrogen-bond acceptors (Lipinski definition) is 2. The van der Waals surface area contributed by atoms with Crippen LogP contribution in [-0.4, -0.2) is 9.55 Å². The second-order valence-corrected chi connectivity index (χ2v) is 3.48. The molecule has 0 bridgehead atoms. The summed E-state index contributed by atoms with van der Waals surface area (Å²) in [6.07, 6.45) is 1.60. The van der Waals surface area contributed by atoms with Crippen molar-refractivity contribution < 1.29 is 8.78 Å². The number of hydrogen-bond donors (Lipinski definition) is 1. The monoisotopic (exact) mass is 223 g/mol. The van der Waals surface area contributed by atoms with Gasteiger partial charge >= 0.3 is 0 Å². The van der Waals surface area contributed by atoms with E-state index in [1.54, 1.807) is 17.9 Å². The molecule has 0 saturated heterocycles. The van der Waals surface area contributed by atoms with Gasteiger partial charge in [0.25, 0.3) is 0 Å². The van der Waals surface area contributed by atoms with Crippen molar-refractivity contribution in [1.82, 2.24) is 9.55 Å². The van der Waals surface area contributed by atoms with Gasteiger partial charge in [-0.15, -0.1) is 0 Å². The minimum Gasteiger partial charge on any atom is -0.333 e. The summed E-state index contributed by atoms with van der Waals surface area (Å²) in [7, 11) is 1.78. The molecule has 1 heterocycles. The second kappa shape index (κ2) is 4.02. The summed E-state index contributed by atoms with van der Waals surface area (Å²) in [6.45, 7) is 0.259. The van der Waals surface area contributed by atoms with Gasteiger partial charge in [-0.25, -0.2) is 13.8 Å². The molecular formula is C11H11F2N3. The van der Waals surface area contributed by atoms with Crippen LogP contribution < -0.4 is 5.73 Å². The van der Waals surface area contributed by atoms with Crippen LogP contribution in [0.3, 0.4) is 0 Å². The normalized spacial score (nSPS) is 10.8. The quantitative estimate of drug-likeness (QED) is 0.844. The highest BCUT2D eigenvalue weighted by molar-refractivity contribution is 5.62. The Kier molecular flexibility index (Phi) is 2.70. The molecule has 0 amide bonds. The van der Waals surface area contributed by atoms with Gasteiger partial charge < -0.3 is 10.3 Å². The number of rotatable bonds is 2. The van der Waals surface area contributed by atoms with E-state index in [1.165, 1.54) is 6.07 Å². The molecule has 0 spiro atoms. The van der Waals surface area contributed by atoms with Crippen LogP contribution >= 0.6 is 0 Å². The first-order chi connectivity index (χ1) is 7.63. The first kappa shape index (κ1) is 10.8. The van der Waals surface area contributed by atoms with Crippen LogP contribution in [0.4, 0.5) is 8.78 Å². The second-order valence-electron chi connectivity index (χ2n) is 3.48. The molecule has 0 aliphatic rings. The molecular weight excluding hydrogens is 212 g/mol. The lowest BCUT2D eigenvalue weighted by Gasteiger charge is -2.05. The van der Waals surface area contributed by atoms with Crippen molar-refractivity contribution in [3.8, 4) is 11.3 Å². The fourth-order valence-electron chi connectivity index (χ4n) is 1.64. The summed E-state index contributed by atoms with van der Waals surface area (Å²) in [6, 6.07) is 3.75.